The summed E-state index contributed by atoms with van der Waals surface area (Å²) in [6.45, 7) is 6.23. The molecule has 0 aromatic carbocycles. The summed E-state index contributed by atoms with van der Waals surface area (Å²) in [7, 11) is 0. The number of carbonyl (C=O) groups is 1. The van der Waals surface area contributed by atoms with E-state index in [0.29, 0.717) is 30.1 Å². The standard InChI is InChI=1S/C24H32FN5O/c1-18(29-12-2-3-13-29)4-9-24(31)30-14-10-19(11-15-30)22-7-6-21(17-26-22)28-23-8-5-20(25)16-27-23/h5-8,16-19H,2-4,9-15H2,1H3,(H,27,28)/t18-/m1/s1. The molecule has 2 aliphatic heterocycles. The van der Waals surface area contributed by atoms with Crippen LogP contribution in [0.4, 0.5) is 15.9 Å². The molecular formula is C24H32FN5O. The predicted molar refractivity (Wildman–Crippen MR) is 120 cm³/mol. The average molecular weight is 426 g/mol. The molecule has 0 radical (unpaired) electrons. The van der Waals surface area contributed by atoms with Gasteiger partial charge in [-0.3, -0.25) is 9.78 Å². The van der Waals surface area contributed by atoms with Gasteiger partial charge in [-0.05, 0) is 76.4 Å². The van der Waals surface area contributed by atoms with Crippen LogP contribution in [0.5, 0.6) is 0 Å². The van der Waals surface area contributed by atoms with E-state index in [1.165, 1.54) is 38.2 Å². The maximum absolute atomic E-state index is 13.0. The molecule has 2 saturated heterocycles. The quantitative estimate of drug-likeness (QED) is 0.715. The molecule has 4 rings (SSSR count). The number of anilines is 2. The van der Waals surface area contributed by atoms with E-state index in [0.717, 1.165) is 43.7 Å². The Morgan fingerprint density at radius 3 is 2.52 bits per heavy atom. The first-order chi connectivity index (χ1) is 15.1. The van der Waals surface area contributed by atoms with Gasteiger partial charge in [-0.2, -0.15) is 0 Å². The first kappa shape index (κ1) is 21.7. The lowest BCUT2D eigenvalue weighted by atomic mass is 9.92. The molecule has 0 bridgehead atoms. The van der Waals surface area contributed by atoms with Crippen LogP contribution in [0, 0.1) is 5.82 Å². The van der Waals surface area contributed by atoms with Gasteiger partial charge in [-0.15, -0.1) is 0 Å². The van der Waals surface area contributed by atoms with Crippen LogP contribution in [-0.2, 0) is 4.79 Å². The van der Waals surface area contributed by atoms with E-state index in [-0.39, 0.29) is 5.82 Å². The van der Waals surface area contributed by atoms with Gasteiger partial charge in [0.2, 0.25) is 5.91 Å². The number of halogens is 1. The molecule has 31 heavy (non-hydrogen) atoms. The molecule has 2 aromatic heterocycles. The third-order valence-corrected chi connectivity index (χ3v) is 6.59. The van der Waals surface area contributed by atoms with Crippen LogP contribution in [0.25, 0.3) is 0 Å². The molecule has 0 unspecified atom stereocenters. The monoisotopic (exact) mass is 425 g/mol. The molecule has 0 aliphatic carbocycles. The number of amides is 1. The lowest BCUT2D eigenvalue weighted by molar-refractivity contribution is -0.132. The minimum atomic E-state index is -0.357. The molecule has 1 N–H and O–H groups in total. The molecular weight excluding hydrogens is 393 g/mol. The summed E-state index contributed by atoms with van der Waals surface area (Å²) < 4.78 is 13.0. The average Bonchev–Trinajstić information content (AvgIpc) is 3.35. The second kappa shape index (κ2) is 10.2. The van der Waals surface area contributed by atoms with Gasteiger partial charge >= 0.3 is 0 Å². The summed E-state index contributed by atoms with van der Waals surface area (Å²) in [6.07, 6.45) is 9.07. The fraction of sp³-hybridized carbons (Fsp3) is 0.542. The Hall–Kier alpha value is -2.54. The summed E-state index contributed by atoms with van der Waals surface area (Å²) >= 11 is 0. The number of likely N-dealkylation sites (tertiary alicyclic amines) is 2. The minimum Gasteiger partial charge on any atom is -0.343 e. The fourth-order valence-corrected chi connectivity index (χ4v) is 4.60. The largest absolute Gasteiger partial charge is 0.343 e. The highest BCUT2D eigenvalue weighted by atomic mass is 19.1. The van der Waals surface area contributed by atoms with Gasteiger partial charge < -0.3 is 15.1 Å². The number of nitrogens with one attached hydrogen (secondary N) is 1. The normalized spacial score (nSPS) is 18.8. The molecule has 2 aromatic rings. The molecule has 1 amide bonds. The zero-order valence-corrected chi connectivity index (χ0v) is 18.3. The number of nitrogens with zero attached hydrogens (tertiary/aromatic N) is 4. The minimum absolute atomic E-state index is 0.295. The number of carbonyl (C=O) groups excluding carboxylic acids is 1. The Morgan fingerprint density at radius 2 is 1.87 bits per heavy atom. The van der Waals surface area contributed by atoms with Gasteiger partial charge in [-0.25, -0.2) is 9.37 Å². The van der Waals surface area contributed by atoms with Crippen LogP contribution in [0.1, 0.15) is 57.1 Å². The van der Waals surface area contributed by atoms with Gasteiger partial charge in [0.15, 0.2) is 0 Å². The number of piperidine rings is 1. The first-order valence-corrected chi connectivity index (χ1v) is 11.4. The topological polar surface area (TPSA) is 61.4 Å². The summed E-state index contributed by atoms with van der Waals surface area (Å²) in [5, 5.41) is 3.13. The van der Waals surface area contributed by atoms with Crippen molar-refractivity contribution in [3.05, 3.63) is 48.2 Å². The molecule has 7 heteroatoms. The molecule has 0 spiro atoms. The summed E-state index contributed by atoms with van der Waals surface area (Å²) in [5.74, 6) is 0.904. The molecule has 2 aliphatic rings. The molecule has 2 fully saturated rings. The lowest BCUT2D eigenvalue weighted by Crippen LogP contribution is -2.39. The van der Waals surface area contributed by atoms with Crippen molar-refractivity contribution in [2.45, 2.75) is 57.4 Å². The number of aromatic nitrogens is 2. The van der Waals surface area contributed by atoms with Crippen LogP contribution >= 0.6 is 0 Å². The van der Waals surface area contributed by atoms with Gasteiger partial charge in [0, 0.05) is 37.2 Å². The second-order valence-corrected chi connectivity index (χ2v) is 8.74. The van der Waals surface area contributed by atoms with Crippen molar-refractivity contribution in [1.82, 2.24) is 19.8 Å². The van der Waals surface area contributed by atoms with E-state index in [2.05, 4.69) is 27.1 Å². The van der Waals surface area contributed by atoms with Gasteiger partial charge in [0.1, 0.15) is 11.6 Å². The highest BCUT2D eigenvalue weighted by molar-refractivity contribution is 5.76. The second-order valence-electron chi connectivity index (χ2n) is 8.74. The van der Waals surface area contributed by atoms with E-state index in [4.69, 9.17) is 0 Å². The molecule has 0 saturated carbocycles. The van der Waals surface area contributed by atoms with Crippen LogP contribution in [0.15, 0.2) is 36.7 Å². The van der Waals surface area contributed by atoms with Crippen molar-refractivity contribution in [1.29, 1.82) is 0 Å². The van der Waals surface area contributed by atoms with Crippen LogP contribution < -0.4 is 5.32 Å². The maximum Gasteiger partial charge on any atom is 0.222 e. The lowest BCUT2D eigenvalue weighted by Gasteiger charge is -2.32. The first-order valence-electron chi connectivity index (χ1n) is 11.4. The van der Waals surface area contributed by atoms with Gasteiger partial charge in [0.05, 0.1) is 18.1 Å². The van der Waals surface area contributed by atoms with Gasteiger partial charge in [0.25, 0.3) is 0 Å². The molecule has 6 nitrogen and oxygen atoms in total. The SMILES string of the molecule is C[C@H](CCC(=O)N1CCC(c2ccc(Nc3ccc(F)cn3)cn2)CC1)N1CCCC1. The third kappa shape index (κ3) is 5.79. The Kier molecular flexibility index (Phi) is 7.12. The van der Waals surface area contributed by atoms with Crippen molar-refractivity contribution in [3.63, 3.8) is 0 Å². The number of rotatable bonds is 7. The van der Waals surface area contributed by atoms with Crippen LogP contribution in [0.2, 0.25) is 0 Å². The predicted octanol–water partition coefficient (Wildman–Crippen LogP) is 4.33. The highest BCUT2D eigenvalue weighted by Gasteiger charge is 2.25. The van der Waals surface area contributed by atoms with E-state index >= 15 is 0 Å². The van der Waals surface area contributed by atoms with Crippen LogP contribution in [-0.4, -0.2) is 57.9 Å². The molecule has 4 heterocycles. The Morgan fingerprint density at radius 1 is 1.10 bits per heavy atom. The number of pyridine rings is 2. The molecule has 166 valence electrons. The van der Waals surface area contributed by atoms with Crippen molar-refractivity contribution < 1.29 is 9.18 Å². The summed E-state index contributed by atoms with van der Waals surface area (Å²) in [4.78, 5) is 25.8. The van der Waals surface area contributed by atoms with Crippen molar-refractivity contribution in [3.8, 4) is 0 Å². The fourth-order valence-electron chi connectivity index (χ4n) is 4.60. The van der Waals surface area contributed by atoms with E-state index in [1.807, 2.05) is 17.0 Å². The van der Waals surface area contributed by atoms with Gasteiger partial charge in [-0.1, -0.05) is 0 Å². The van der Waals surface area contributed by atoms with Crippen LogP contribution in [0.3, 0.4) is 0 Å². The maximum atomic E-state index is 13.0. The Balaban J connectivity index is 1.22. The third-order valence-electron chi connectivity index (χ3n) is 6.59. The van der Waals surface area contributed by atoms with Crippen molar-refractivity contribution in [2.75, 3.05) is 31.5 Å². The Bertz CT molecular complexity index is 843. The number of hydrogen-bond donors (Lipinski definition) is 1. The Labute approximate surface area is 183 Å². The zero-order valence-electron chi connectivity index (χ0n) is 18.3. The highest BCUT2D eigenvalue weighted by Crippen LogP contribution is 2.28. The smallest absolute Gasteiger partial charge is 0.222 e. The van der Waals surface area contributed by atoms with E-state index in [9.17, 15) is 9.18 Å². The van der Waals surface area contributed by atoms with Crippen molar-refractivity contribution >= 4 is 17.4 Å². The summed E-state index contributed by atoms with van der Waals surface area (Å²) in [6, 6.07) is 7.49. The van der Waals surface area contributed by atoms with E-state index < -0.39 is 0 Å². The number of hydrogen-bond acceptors (Lipinski definition) is 5. The van der Waals surface area contributed by atoms with E-state index in [1.54, 1.807) is 12.3 Å². The molecule has 1 atom stereocenters. The summed E-state index contributed by atoms with van der Waals surface area (Å²) in [5.41, 5.74) is 1.88. The zero-order chi connectivity index (χ0) is 21.6. The van der Waals surface area contributed by atoms with Crippen molar-refractivity contribution in [2.24, 2.45) is 0 Å².